The summed E-state index contributed by atoms with van der Waals surface area (Å²) in [5.41, 5.74) is 0.161. The highest BCUT2D eigenvalue weighted by Crippen LogP contribution is 2.23. The number of carbonyl (C=O) groups is 1. The van der Waals surface area contributed by atoms with Gasteiger partial charge in [-0.05, 0) is 36.4 Å². The van der Waals surface area contributed by atoms with E-state index in [9.17, 15) is 9.18 Å². The van der Waals surface area contributed by atoms with Gasteiger partial charge in [0.25, 0.3) is 0 Å². The fourth-order valence-corrected chi connectivity index (χ4v) is 2.92. The van der Waals surface area contributed by atoms with Gasteiger partial charge in [0.1, 0.15) is 0 Å². The normalized spacial score (nSPS) is 11.1. The zero-order chi connectivity index (χ0) is 13.9. The van der Waals surface area contributed by atoms with Crippen LogP contribution in [0, 0.1) is 5.82 Å². The molecule has 0 N–H and O–H groups in total. The summed E-state index contributed by atoms with van der Waals surface area (Å²) in [6.45, 7) is 0. The second kappa shape index (κ2) is 5.59. The van der Waals surface area contributed by atoms with E-state index in [2.05, 4.69) is 6.07 Å². The minimum Gasteiger partial charge on any atom is -0.450 e. The fraction of sp³-hybridized carbons (Fsp3) is 0.188. The van der Waals surface area contributed by atoms with Gasteiger partial charge < -0.3 is 4.42 Å². The highest BCUT2D eigenvalue weighted by atomic mass is 32.1. The minimum absolute atomic E-state index is 0.0721. The lowest BCUT2D eigenvalue weighted by Gasteiger charge is -1.97. The lowest BCUT2D eigenvalue weighted by Crippen LogP contribution is -1.97. The van der Waals surface area contributed by atoms with Crippen LogP contribution >= 0.6 is 11.3 Å². The molecule has 2 aromatic heterocycles. The molecule has 0 bridgehead atoms. The van der Waals surface area contributed by atoms with Crippen LogP contribution in [0.4, 0.5) is 4.39 Å². The molecule has 0 aliphatic carbocycles. The molecule has 0 amide bonds. The molecule has 4 heteroatoms. The van der Waals surface area contributed by atoms with Gasteiger partial charge in [0.15, 0.2) is 22.9 Å². The van der Waals surface area contributed by atoms with E-state index < -0.39 is 5.82 Å². The van der Waals surface area contributed by atoms with E-state index >= 15 is 0 Å². The number of furan rings is 1. The third-order valence-electron chi connectivity index (χ3n) is 3.18. The Bertz CT molecular complexity index is 728. The Morgan fingerprint density at radius 1 is 1.25 bits per heavy atom. The first-order valence-corrected chi connectivity index (χ1v) is 7.35. The molecule has 1 aromatic carbocycles. The van der Waals surface area contributed by atoms with Crippen molar-refractivity contribution in [2.45, 2.75) is 19.3 Å². The van der Waals surface area contributed by atoms with Gasteiger partial charge in [-0.15, -0.1) is 11.3 Å². The van der Waals surface area contributed by atoms with Crippen LogP contribution in [-0.2, 0) is 6.42 Å². The van der Waals surface area contributed by atoms with E-state index in [0.29, 0.717) is 11.8 Å². The Morgan fingerprint density at radius 2 is 2.15 bits per heavy atom. The van der Waals surface area contributed by atoms with Gasteiger partial charge in [0.2, 0.25) is 0 Å². The van der Waals surface area contributed by atoms with Gasteiger partial charge >= 0.3 is 0 Å². The molecule has 2 nitrogen and oxygen atoms in total. The summed E-state index contributed by atoms with van der Waals surface area (Å²) in [6.07, 6.45) is 2.08. The molecule has 102 valence electrons. The molecule has 0 spiro atoms. The SMILES string of the molecule is O=C(CCCc1cccs1)c1cc2cccc(F)c2o1. The van der Waals surface area contributed by atoms with Crippen LogP contribution in [0.5, 0.6) is 0 Å². The Kier molecular flexibility index (Phi) is 3.65. The molecule has 0 fully saturated rings. The number of ketones is 1. The van der Waals surface area contributed by atoms with E-state index in [0.717, 1.165) is 12.8 Å². The number of benzene rings is 1. The summed E-state index contributed by atoms with van der Waals surface area (Å²) in [4.78, 5) is 13.3. The van der Waals surface area contributed by atoms with Gasteiger partial charge in [-0.25, -0.2) is 4.39 Å². The highest BCUT2D eigenvalue weighted by molar-refractivity contribution is 7.09. The molecule has 0 radical (unpaired) electrons. The van der Waals surface area contributed by atoms with Crippen LogP contribution in [0.25, 0.3) is 11.0 Å². The number of Topliss-reactive ketones (excluding diaryl/α,β-unsaturated/α-hetero) is 1. The van der Waals surface area contributed by atoms with E-state index in [4.69, 9.17) is 4.42 Å². The Labute approximate surface area is 119 Å². The Hall–Kier alpha value is -1.94. The van der Waals surface area contributed by atoms with Gasteiger partial charge in [-0.2, -0.15) is 0 Å². The quantitative estimate of drug-likeness (QED) is 0.629. The monoisotopic (exact) mass is 288 g/mol. The van der Waals surface area contributed by atoms with Gasteiger partial charge in [0, 0.05) is 16.7 Å². The van der Waals surface area contributed by atoms with Crippen molar-refractivity contribution in [3.8, 4) is 0 Å². The first kappa shape index (κ1) is 13.1. The lowest BCUT2D eigenvalue weighted by molar-refractivity contribution is 0.0955. The largest absolute Gasteiger partial charge is 0.450 e. The number of halogens is 1. The van der Waals surface area contributed by atoms with Crippen LogP contribution in [0.1, 0.15) is 28.3 Å². The third-order valence-corrected chi connectivity index (χ3v) is 4.11. The van der Waals surface area contributed by atoms with Crippen LogP contribution < -0.4 is 0 Å². The van der Waals surface area contributed by atoms with Crippen LogP contribution in [0.3, 0.4) is 0 Å². The van der Waals surface area contributed by atoms with E-state index in [1.165, 1.54) is 10.9 Å². The van der Waals surface area contributed by atoms with Crippen molar-refractivity contribution in [3.63, 3.8) is 0 Å². The smallest absolute Gasteiger partial charge is 0.198 e. The molecule has 0 unspecified atom stereocenters. The number of carbonyl (C=O) groups excluding carboxylic acids is 1. The van der Waals surface area contributed by atoms with Gasteiger partial charge in [-0.3, -0.25) is 4.79 Å². The molecule has 20 heavy (non-hydrogen) atoms. The maximum atomic E-state index is 13.5. The van der Waals surface area contributed by atoms with Crippen molar-refractivity contribution in [1.29, 1.82) is 0 Å². The number of fused-ring (bicyclic) bond motifs is 1. The van der Waals surface area contributed by atoms with Crippen molar-refractivity contribution in [2.24, 2.45) is 0 Å². The molecular weight excluding hydrogens is 275 g/mol. The minimum atomic E-state index is -0.430. The molecule has 0 saturated carbocycles. The molecule has 3 rings (SSSR count). The molecule has 3 aromatic rings. The summed E-state index contributed by atoms with van der Waals surface area (Å²) in [7, 11) is 0. The summed E-state index contributed by atoms with van der Waals surface area (Å²) < 4.78 is 18.8. The highest BCUT2D eigenvalue weighted by Gasteiger charge is 2.14. The van der Waals surface area contributed by atoms with Crippen molar-refractivity contribution in [2.75, 3.05) is 0 Å². The molecule has 2 heterocycles. The first-order chi connectivity index (χ1) is 9.74. The average molecular weight is 288 g/mol. The van der Waals surface area contributed by atoms with Gasteiger partial charge in [0.05, 0.1) is 0 Å². The number of rotatable bonds is 5. The summed E-state index contributed by atoms with van der Waals surface area (Å²) >= 11 is 1.69. The predicted molar refractivity (Wildman–Crippen MR) is 77.8 cm³/mol. The zero-order valence-corrected chi connectivity index (χ0v) is 11.6. The van der Waals surface area contributed by atoms with Crippen LogP contribution in [0.2, 0.25) is 0 Å². The summed E-state index contributed by atoms with van der Waals surface area (Å²) in [5, 5.41) is 2.66. The first-order valence-electron chi connectivity index (χ1n) is 6.47. The van der Waals surface area contributed by atoms with Crippen LogP contribution in [-0.4, -0.2) is 5.78 Å². The lowest BCUT2D eigenvalue weighted by atomic mass is 10.1. The second-order valence-corrected chi connectivity index (χ2v) is 5.66. The number of aryl methyl sites for hydroxylation is 1. The molecule has 0 aliphatic rings. The van der Waals surface area contributed by atoms with Crippen molar-refractivity contribution in [3.05, 3.63) is 58.2 Å². The zero-order valence-electron chi connectivity index (χ0n) is 10.8. The fourth-order valence-electron chi connectivity index (χ4n) is 2.17. The predicted octanol–water partition coefficient (Wildman–Crippen LogP) is 4.84. The van der Waals surface area contributed by atoms with Crippen molar-refractivity contribution in [1.82, 2.24) is 0 Å². The maximum absolute atomic E-state index is 13.5. The number of hydrogen-bond acceptors (Lipinski definition) is 3. The number of para-hydroxylation sites is 1. The van der Waals surface area contributed by atoms with E-state index in [1.807, 2.05) is 11.4 Å². The second-order valence-electron chi connectivity index (χ2n) is 4.62. The number of hydrogen-bond donors (Lipinski definition) is 0. The van der Waals surface area contributed by atoms with Gasteiger partial charge in [-0.1, -0.05) is 18.2 Å². The molecule has 0 aliphatic heterocycles. The topological polar surface area (TPSA) is 30.2 Å². The summed E-state index contributed by atoms with van der Waals surface area (Å²) in [6, 6.07) is 10.4. The number of thiophene rings is 1. The average Bonchev–Trinajstić information content (AvgIpc) is 3.07. The molecule has 0 saturated heterocycles. The summed E-state index contributed by atoms with van der Waals surface area (Å²) in [5.74, 6) is -0.256. The Balaban J connectivity index is 1.68. The Morgan fingerprint density at radius 3 is 2.90 bits per heavy atom. The van der Waals surface area contributed by atoms with Crippen molar-refractivity contribution < 1.29 is 13.6 Å². The van der Waals surface area contributed by atoms with E-state index in [1.54, 1.807) is 29.5 Å². The van der Waals surface area contributed by atoms with Crippen LogP contribution in [0.15, 0.2) is 46.2 Å². The molecular formula is C16H13FO2S. The standard InChI is InChI=1S/C16H13FO2S/c17-13-7-1-4-11-10-15(19-16(11)13)14(18)8-2-5-12-6-3-9-20-12/h1,3-4,6-7,9-10H,2,5,8H2. The molecule has 0 atom stereocenters. The maximum Gasteiger partial charge on any atom is 0.198 e. The van der Waals surface area contributed by atoms with E-state index in [-0.39, 0.29) is 17.1 Å². The third kappa shape index (κ3) is 2.65. The van der Waals surface area contributed by atoms with Crippen molar-refractivity contribution >= 4 is 28.1 Å².